The van der Waals surface area contributed by atoms with Gasteiger partial charge in [0.25, 0.3) is 0 Å². The summed E-state index contributed by atoms with van der Waals surface area (Å²) in [5.74, 6) is 9.36. The van der Waals surface area contributed by atoms with E-state index in [-0.39, 0.29) is 64.2 Å². The Hall–Kier alpha value is -3.41. The molecule has 0 unspecified atom stereocenters. The summed E-state index contributed by atoms with van der Waals surface area (Å²) < 4.78 is 26.9. The highest BCUT2D eigenvalue weighted by Gasteiger charge is 2.65. The third kappa shape index (κ3) is 17.0. The van der Waals surface area contributed by atoms with Gasteiger partial charge >= 0.3 is 5.97 Å². The Kier molecular flexibility index (Phi) is 26.2. The Labute approximate surface area is 667 Å². The normalized spacial score (nSPS) is 41.6. The molecule has 0 aliphatic heterocycles. The van der Waals surface area contributed by atoms with Crippen LogP contribution in [-0.4, -0.2) is 123 Å². The van der Waals surface area contributed by atoms with Crippen LogP contribution in [-0.2, 0) is 42.2 Å². The van der Waals surface area contributed by atoms with Gasteiger partial charge in [0.15, 0.2) is 21.4 Å². The van der Waals surface area contributed by atoms with Crippen LogP contribution < -0.4 is 0 Å². The van der Waals surface area contributed by atoms with Crippen molar-refractivity contribution < 1.29 is 53.1 Å². The Balaban J connectivity index is 0.000000144. The van der Waals surface area contributed by atoms with Crippen molar-refractivity contribution in [3.63, 3.8) is 0 Å². The molecule has 16 rings (SSSR count). The average molecular weight is 1640 g/mol. The number of carbonyl (C=O) groups excluding carboxylic acids is 4. The molecule has 12 fully saturated rings. The fraction of sp³-hybridized carbons (Fsp3) is 0.779. The highest BCUT2D eigenvalue weighted by atomic mass is 79.9. The lowest BCUT2D eigenvalue weighted by molar-refractivity contribution is -0.182. The Bertz CT molecular complexity index is 3920. The maximum atomic E-state index is 13.4. The molecule has 24 atom stereocenters. The number of Topliss-reactive ketones (excluding diaryl/α,β-unsaturated/α-hetero) is 3. The minimum absolute atomic E-state index is 0. The van der Waals surface area contributed by atoms with Crippen LogP contribution in [0, 0.1) is 121 Å². The summed E-state index contributed by atoms with van der Waals surface area (Å²) in [5, 5.41) is 56.0. The fourth-order valence-corrected chi connectivity index (χ4v) is 28.5. The predicted octanol–water partition coefficient (Wildman–Crippen LogP) is 18.9. The minimum Gasteiger partial charge on any atom is -0.390 e. The lowest BCUT2D eigenvalue weighted by atomic mass is 9.44. The number of hydrogen-bond acceptors (Lipinski definition) is 16. The van der Waals surface area contributed by atoms with Crippen molar-refractivity contribution in [3.8, 4) is 0 Å². The number of carbonyl (C=O) groups is 4. The van der Waals surface area contributed by atoms with Crippen LogP contribution in [0.2, 0.25) is 5.02 Å². The van der Waals surface area contributed by atoms with Crippen LogP contribution in [0.3, 0.4) is 0 Å². The fourth-order valence-electron chi connectivity index (χ4n) is 26.7. The Morgan fingerprint density at radius 1 is 0.537 bits per heavy atom. The van der Waals surface area contributed by atoms with Gasteiger partial charge in [-0.25, -0.2) is 13.2 Å². The molecule has 0 amide bonds. The second kappa shape index (κ2) is 33.1. The van der Waals surface area contributed by atoms with E-state index in [9.17, 15) is 42.9 Å². The van der Waals surface area contributed by atoms with Gasteiger partial charge in [-0.1, -0.05) is 82.6 Å². The van der Waals surface area contributed by atoms with Crippen molar-refractivity contribution in [2.45, 2.75) is 288 Å². The maximum Gasteiger partial charge on any atom is 0.372 e. The number of aliphatic hydroxyl groups is 3. The number of thioether (sulfide) groups is 2. The monoisotopic (exact) mass is 1630 g/mol. The topological polar surface area (TPSA) is 257 Å². The summed E-state index contributed by atoms with van der Waals surface area (Å²) in [4.78, 5) is 55.9. The van der Waals surface area contributed by atoms with Gasteiger partial charge < -0.3 is 15.3 Å². The Morgan fingerprint density at radius 2 is 0.935 bits per heavy atom. The average Bonchev–Trinajstić information content (AvgIpc) is 1.46. The largest absolute Gasteiger partial charge is 0.390 e. The van der Waals surface area contributed by atoms with Crippen molar-refractivity contribution in [3.05, 3.63) is 72.0 Å². The summed E-state index contributed by atoms with van der Waals surface area (Å²) in [7, 11) is -3.31. The third-order valence-electron chi connectivity index (χ3n) is 32.5. The van der Waals surface area contributed by atoms with E-state index in [0.29, 0.717) is 86.1 Å². The van der Waals surface area contributed by atoms with Crippen LogP contribution in [0.5, 0.6) is 0 Å². The highest BCUT2D eigenvalue weighted by molar-refractivity contribution is 9.09. The van der Waals surface area contributed by atoms with Gasteiger partial charge in [-0.05, 0) is 328 Å². The van der Waals surface area contributed by atoms with Crippen LogP contribution in [0.1, 0.15) is 253 Å². The molecule has 12 aliphatic rings. The summed E-state index contributed by atoms with van der Waals surface area (Å²) in [6.07, 6.45) is 46.5. The molecule has 12 saturated carbocycles. The number of rotatable bonds is 12. The van der Waals surface area contributed by atoms with E-state index in [1.807, 2.05) is 56.6 Å². The van der Waals surface area contributed by atoms with Crippen molar-refractivity contribution in [1.29, 1.82) is 0 Å². The van der Waals surface area contributed by atoms with E-state index >= 15 is 0 Å². The lowest BCUT2D eigenvalue weighted by Crippen LogP contribution is -2.55. The first-order valence-corrected chi connectivity index (χ1v) is 46.5. The van der Waals surface area contributed by atoms with E-state index in [1.165, 1.54) is 137 Å². The van der Waals surface area contributed by atoms with E-state index in [4.69, 9.17) is 16.9 Å². The second-order valence-electron chi connectivity index (χ2n) is 38.4. The number of fused-ring (bicyclic) bond motifs is 15. The SMILES string of the molecule is C.CSc1cn[nH]c1.CSc1cnn(CC(=O)[C@H]2CC[C@H]3[C@@H]4CC[C@@H]5C[C@](C)(O)CC[C@]5(C)[C@H]4CC[C@]23C)c1.C[C@@]1(O)CC[C@@]2(C)[C@H](CC[C@@H]3[C@@H]2CC[C@]2(C)[C@@H](C(=O)CBr)CC[C@@H]32)C1.C[C@@]1(O)CC[C@@]2(C)[C@H](CC[C@@H]3[C@@H]2CC[C@]2(C)[C@@H](C(=O)Cn4cc(S(C)(=O)=O)cn4)CC[C@@H]32)C1.O=C(OO)c1cccc(Cl)c1. The van der Waals surface area contributed by atoms with Crippen LogP contribution in [0.15, 0.2) is 76.1 Å². The number of nitrogens with one attached hydrogen (secondary N) is 1. The number of halogens is 2. The molecule has 1 aromatic carbocycles. The number of H-pyrrole nitrogens is 1. The molecule has 3 heterocycles. The summed E-state index contributed by atoms with van der Waals surface area (Å²) in [5.41, 5.74) is 0.387. The molecular formula is C86H130BrClN6O11S3. The first kappa shape index (κ1) is 85.5. The number of hydrogen-bond donors (Lipinski definition) is 5. The number of ketones is 3. The number of alkyl halides is 1. The van der Waals surface area contributed by atoms with E-state index in [1.54, 1.807) is 41.9 Å². The molecule has 22 heteroatoms. The first-order valence-electron chi connectivity index (χ1n) is 40.6. The summed E-state index contributed by atoms with van der Waals surface area (Å²) in [6.45, 7) is 21.5. The number of nitrogens with zero attached hydrogens (tertiary/aromatic N) is 5. The lowest BCUT2D eigenvalue weighted by Gasteiger charge is -2.61. The third-order valence-corrected chi connectivity index (χ3v) is 35.8. The zero-order valence-corrected chi connectivity index (χ0v) is 70.8. The zero-order chi connectivity index (χ0) is 77.2. The molecule has 0 spiro atoms. The van der Waals surface area contributed by atoms with Crippen molar-refractivity contribution in [1.82, 2.24) is 29.8 Å². The molecule has 108 heavy (non-hydrogen) atoms. The molecule has 0 bridgehead atoms. The number of sulfone groups is 1. The smallest absolute Gasteiger partial charge is 0.372 e. The minimum atomic E-state index is -3.31. The van der Waals surface area contributed by atoms with Gasteiger partial charge in [0.2, 0.25) is 0 Å². The number of aromatic nitrogens is 6. The quantitative estimate of drug-likeness (QED) is 0.0382. The van der Waals surface area contributed by atoms with Gasteiger partial charge in [-0.3, -0.25) is 33.7 Å². The van der Waals surface area contributed by atoms with Gasteiger partial charge in [0.05, 0.1) is 59.4 Å². The predicted molar refractivity (Wildman–Crippen MR) is 432 cm³/mol. The number of aromatic amines is 1. The van der Waals surface area contributed by atoms with Gasteiger partial charge in [0.1, 0.15) is 10.7 Å². The highest BCUT2D eigenvalue weighted by Crippen LogP contribution is 2.72. The number of benzene rings is 1. The van der Waals surface area contributed by atoms with Crippen molar-refractivity contribution in [2.24, 2.45) is 121 Å². The molecule has 0 radical (unpaired) electrons. The second-order valence-corrected chi connectivity index (χ2v) is 43.2. The summed E-state index contributed by atoms with van der Waals surface area (Å²) in [6, 6.07) is 6.11. The standard InChI is InChI=1S/C26H40N2O4S.C26H40N2O2S.C22H35BrO2.C7H5ClO3.C4H6N2S.CH4/c1-24(30)11-12-25(2)17(13-24)5-6-19-20-7-8-22(26(20,3)10-9-21(19)25)23(29)16-28-15-18(14-27-28)33(4,31)32;1-24(30)11-12-25(2)17(13-24)5-6-19-20-7-8-22(26(20,3)10-9-21(19)25)23(29)16-28-15-18(31-4)14-27-28;1-20(25)10-11-21(2)14(12-20)4-5-15-16-6-7-18(19(24)13-23)22(16,3)9-8-17(15)21;8-6-3-1-2-5(4-6)7(9)11-10;1-7-4-2-5-6-3-4;/h14-15,17,19-22,30H,5-13,16H2,1-4H3;14-15,17,19-22,30H,5-13,16H2,1-4H3;14-18,25H,4-13H2,1-3H3;1-4,10H;2-3H,1H3,(H,5,6);1H4/t2*17-,19+,20+,21+,22-,24-,25+,26+;14-,15+,16+,17+,18-,20-,21+,22+;;;/m111.../s1. The van der Waals surface area contributed by atoms with E-state index in [2.05, 4.69) is 82.8 Å². The molecule has 3 aromatic heterocycles. The van der Waals surface area contributed by atoms with Gasteiger partial charge in [-0.2, -0.15) is 20.6 Å². The molecule has 12 aliphatic carbocycles. The van der Waals surface area contributed by atoms with Gasteiger partial charge in [0, 0.05) is 57.4 Å². The van der Waals surface area contributed by atoms with Crippen LogP contribution >= 0.6 is 51.1 Å². The van der Waals surface area contributed by atoms with Crippen molar-refractivity contribution in [2.75, 3.05) is 24.1 Å². The molecule has 5 N–H and O–H groups in total. The first-order chi connectivity index (χ1) is 50.4. The molecular weight excluding hydrogens is 1500 g/mol. The molecule has 602 valence electrons. The molecule has 17 nitrogen and oxygen atoms in total. The zero-order valence-electron chi connectivity index (χ0n) is 66.0. The van der Waals surface area contributed by atoms with Crippen LogP contribution in [0.25, 0.3) is 0 Å². The Morgan fingerprint density at radius 3 is 1.28 bits per heavy atom. The van der Waals surface area contributed by atoms with Crippen LogP contribution in [0.4, 0.5) is 0 Å². The van der Waals surface area contributed by atoms with Gasteiger partial charge in [-0.15, -0.1) is 23.5 Å². The van der Waals surface area contributed by atoms with E-state index < -0.39 is 32.6 Å². The van der Waals surface area contributed by atoms with Crippen molar-refractivity contribution >= 4 is 84.2 Å². The van der Waals surface area contributed by atoms with E-state index in [0.717, 1.165) is 112 Å². The molecule has 4 aromatic rings. The summed E-state index contributed by atoms with van der Waals surface area (Å²) >= 11 is 12.3. The molecule has 0 saturated heterocycles. The maximum absolute atomic E-state index is 13.4.